The molecule has 1 saturated heterocycles. The minimum Gasteiger partial charge on any atom is -0.466 e. The van der Waals surface area contributed by atoms with Gasteiger partial charge in [0.25, 0.3) is 5.91 Å². The molecule has 1 aromatic heterocycles. The zero-order valence-corrected chi connectivity index (χ0v) is 11.3. The lowest BCUT2D eigenvalue weighted by Gasteiger charge is -2.22. The Bertz CT molecular complexity index is 489. The number of furan rings is 1. The van der Waals surface area contributed by atoms with E-state index in [0.717, 1.165) is 4.90 Å². The van der Waals surface area contributed by atoms with Crippen molar-refractivity contribution in [1.82, 2.24) is 10.2 Å². The molecule has 6 heteroatoms. The predicted octanol–water partition coefficient (Wildman–Crippen LogP) is 1.21. The third-order valence-corrected chi connectivity index (χ3v) is 3.24. The van der Waals surface area contributed by atoms with Crippen LogP contribution < -0.4 is 5.32 Å². The molecule has 0 radical (unpaired) electrons. The van der Waals surface area contributed by atoms with Gasteiger partial charge in [-0.25, -0.2) is 4.79 Å². The maximum atomic E-state index is 12.4. The Morgan fingerprint density at radius 2 is 2.16 bits per heavy atom. The molecule has 0 bridgehead atoms. The van der Waals surface area contributed by atoms with E-state index >= 15 is 0 Å². The SMILES string of the molecule is CC(C)(O)CCN1C(=O)NC(C)(c2ccco2)C1=O. The van der Waals surface area contributed by atoms with Crippen molar-refractivity contribution in [3.05, 3.63) is 24.2 Å². The van der Waals surface area contributed by atoms with Crippen LogP contribution in [0.5, 0.6) is 0 Å². The number of aliphatic hydroxyl groups is 1. The molecule has 1 aromatic rings. The van der Waals surface area contributed by atoms with Gasteiger partial charge in [-0.15, -0.1) is 0 Å². The summed E-state index contributed by atoms with van der Waals surface area (Å²) in [5, 5.41) is 12.3. The molecule has 6 nitrogen and oxygen atoms in total. The van der Waals surface area contributed by atoms with Gasteiger partial charge in [-0.1, -0.05) is 0 Å². The third-order valence-electron chi connectivity index (χ3n) is 3.24. The molecular formula is C13H18N2O4. The lowest BCUT2D eigenvalue weighted by molar-refractivity contribution is -0.132. The van der Waals surface area contributed by atoms with Crippen LogP contribution >= 0.6 is 0 Å². The summed E-state index contributed by atoms with van der Waals surface area (Å²) in [7, 11) is 0. The molecule has 104 valence electrons. The van der Waals surface area contributed by atoms with E-state index in [1.54, 1.807) is 32.9 Å². The Kier molecular flexibility index (Phi) is 3.14. The molecule has 3 amide bonds. The predicted molar refractivity (Wildman–Crippen MR) is 67.2 cm³/mol. The highest BCUT2D eigenvalue weighted by Crippen LogP contribution is 2.29. The molecule has 0 spiro atoms. The zero-order chi connectivity index (χ0) is 14.3. The Hall–Kier alpha value is -1.82. The number of nitrogens with zero attached hydrogens (tertiary/aromatic N) is 1. The first-order valence-corrected chi connectivity index (χ1v) is 6.14. The fourth-order valence-corrected chi connectivity index (χ4v) is 2.02. The molecule has 1 aliphatic heterocycles. The fourth-order valence-electron chi connectivity index (χ4n) is 2.02. The molecule has 0 aromatic carbocycles. The summed E-state index contributed by atoms with van der Waals surface area (Å²) in [5.41, 5.74) is -2.09. The van der Waals surface area contributed by atoms with Gasteiger partial charge in [0.05, 0.1) is 11.9 Å². The number of rotatable bonds is 4. The Morgan fingerprint density at radius 3 is 2.68 bits per heavy atom. The molecule has 2 N–H and O–H groups in total. The van der Waals surface area contributed by atoms with Gasteiger partial charge in [0.15, 0.2) is 5.54 Å². The van der Waals surface area contributed by atoms with Crippen molar-refractivity contribution in [2.45, 2.75) is 38.3 Å². The molecule has 1 unspecified atom stereocenters. The average molecular weight is 266 g/mol. The van der Waals surface area contributed by atoms with Crippen LogP contribution in [0.25, 0.3) is 0 Å². The van der Waals surface area contributed by atoms with E-state index in [1.807, 2.05) is 0 Å². The molecule has 1 atom stereocenters. The standard InChI is InChI=1S/C13H18N2O4/c1-12(2,18)6-7-15-10(16)13(3,14-11(15)17)9-5-4-8-19-9/h4-5,8,18H,6-7H2,1-3H3,(H,14,17). The van der Waals surface area contributed by atoms with Crippen LogP contribution in [-0.4, -0.2) is 34.1 Å². The summed E-state index contributed by atoms with van der Waals surface area (Å²) in [4.78, 5) is 25.3. The molecule has 2 rings (SSSR count). The van der Waals surface area contributed by atoms with Gasteiger partial charge in [0.2, 0.25) is 0 Å². The van der Waals surface area contributed by atoms with Crippen LogP contribution in [0.15, 0.2) is 22.8 Å². The third kappa shape index (κ3) is 2.49. The minimum absolute atomic E-state index is 0.171. The van der Waals surface area contributed by atoms with Crippen molar-refractivity contribution in [3.63, 3.8) is 0 Å². The van der Waals surface area contributed by atoms with Crippen LogP contribution in [0.4, 0.5) is 4.79 Å². The lowest BCUT2D eigenvalue weighted by atomic mass is 9.99. The quantitative estimate of drug-likeness (QED) is 0.802. The largest absolute Gasteiger partial charge is 0.466 e. The van der Waals surface area contributed by atoms with Crippen LogP contribution in [0.2, 0.25) is 0 Å². The molecule has 1 aliphatic rings. The topological polar surface area (TPSA) is 82.8 Å². The smallest absolute Gasteiger partial charge is 0.325 e. The van der Waals surface area contributed by atoms with E-state index in [-0.39, 0.29) is 12.5 Å². The second-order valence-corrected chi connectivity index (χ2v) is 5.55. The van der Waals surface area contributed by atoms with Crippen molar-refractivity contribution >= 4 is 11.9 Å². The van der Waals surface area contributed by atoms with Crippen LogP contribution in [0, 0.1) is 0 Å². The monoisotopic (exact) mass is 266 g/mol. The number of urea groups is 1. The fraction of sp³-hybridized carbons (Fsp3) is 0.538. The Labute approximate surface area is 111 Å². The number of carbonyl (C=O) groups is 2. The molecule has 1 fully saturated rings. The number of nitrogens with one attached hydrogen (secondary N) is 1. The van der Waals surface area contributed by atoms with Gasteiger partial charge in [-0.2, -0.15) is 0 Å². The lowest BCUT2D eigenvalue weighted by Crippen LogP contribution is -2.41. The van der Waals surface area contributed by atoms with Crippen molar-refractivity contribution in [1.29, 1.82) is 0 Å². The molecule has 0 saturated carbocycles. The second-order valence-electron chi connectivity index (χ2n) is 5.55. The maximum Gasteiger partial charge on any atom is 0.325 e. The average Bonchev–Trinajstić information content (AvgIpc) is 2.86. The van der Waals surface area contributed by atoms with E-state index < -0.39 is 17.2 Å². The normalized spacial score (nSPS) is 23.9. The van der Waals surface area contributed by atoms with E-state index in [4.69, 9.17) is 4.42 Å². The summed E-state index contributed by atoms with van der Waals surface area (Å²) in [6, 6.07) is 2.85. The van der Waals surface area contributed by atoms with E-state index in [0.29, 0.717) is 12.2 Å². The highest BCUT2D eigenvalue weighted by molar-refractivity contribution is 6.06. The van der Waals surface area contributed by atoms with Gasteiger partial charge in [0.1, 0.15) is 5.76 Å². The van der Waals surface area contributed by atoms with Crippen LogP contribution in [0.1, 0.15) is 33.0 Å². The van der Waals surface area contributed by atoms with Gasteiger partial charge in [-0.05, 0) is 39.3 Å². The van der Waals surface area contributed by atoms with Gasteiger partial charge < -0.3 is 14.8 Å². The summed E-state index contributed by atoms with van der Waals surface area (Å²) in [5.74, 6) is 0.0355. The van der Waals surface area contributed by atoms with Crippen molar-refractivity contribution in [3.8, 4) is 0 Å². The molecule has 2 heterocycles. The number of amides is 3. The van der Waals surface area contributed by atoms with Crippen molar-refractivity contribution < 1.29 is 19.1 Å². The summed E-state index contributed by atoms with van der Waals surface area (Å²) in [6.45, 7) is 5.05. The van der Waals surface area contributed by atoms with Gasteiger partial charge >= 0.3 is 6.03 Å². The summed E-state index contributed by atoms with van der Waals surface area (Å²) < 4.78 is 5.22. The highest BCUT2D eigenvalue weighted by atomic mass is 16.3. The number of hydrogen-bond acceptors (Lipinski definition) is 4. The molecule has 19 heavy (non-hydrogen) atoms. The van der Waals surface area contributed by atoms with E-state index in [9.17, 15) is 14.7 Å². The first-order chi connectivity index (χ1) is 8.74. The van der Waals surface area contributed by atoms with Crippen molar-refractivity contribution in [2.24, 2.45) is 0 Å². The van der Waals surface area contributed by atoms with Gasteiger partial charge in [-0.3, -0.25) is 9.69 Å². The Balaban J connectivity index is 2.17. The van der Waals surface area contributed by atoms with E-state index in [2.05, 4.69) is 5.32 Å². The Morgan fingerprint density at radius 1 is 1.47 bits per heavy atom. The van der Waals surface area contributed by atoms with Gasteiger partial charge in [0, 0.05) is 6.54 Å². The maximum absolute atomic E-state index is 12.4. The highest BCUT2D eigenvalue weighted by Gasteiger charge is 2.50. The summed E-state index contributed by atoms with van der Waals surface area (Å²) in [6.07, 6.45) is 1.78. The van der Waals surface area contributed by atoms with Crippen molar-refractivity contribution in [2.75, 3.05) is 6.54 Å². The number of hydrogen-bond donors (Lipinski definition) is 2. The number of imide groups is 1. The molecular weight excluding hydrogens is 248 g/mol. The molecule has 0 aliphatic carbocycles. The minimum atomic E-state index is -1.17. The number of carbonyl (C=O) groups excluding carboxylic acids is 2. The first-order valence-electron chi connectivity index (χ1n) is 6.14. The van der Waals surface area contributed by atoms with Crippen LogP contribution in [-0.2, 0) is 10.3 Å². The second kappa shape index (κ2) is 4.38. The summed E-state index contributed by atoms with van der Waals surface area (Å²) >= 11 is 0. The zero-order valence-electron chi connectivity index (χ0n) is 11.3. The first kappa shape index (κ1) is 13.6. The van der Waals surface area contributed by atoms with Crippen LogP contribution in [0.3, 0.4) is 0 Å². The van der Waals surface area contributed by atoms with E-state index in [1.165, 1.54) is 6.26 Å².